The monoisotopic (exact) mass is 431 g/mol. The van der Waals surface area contributed by atoms with Crippen LogP contribution in [0.4, 0.5) is 5.69 Å². The molecule has 1 N–H and O–H groups in total. The van der Waals surface area contributed by atoms with E-state index in [0.29, 0.717) is 12.2 Å². The summed E-state index contributed by atoms with van der Waals surface area (Å²) in [6.45, 7) is 10.1. The number of aryl methyl sites for hydroxylation is 3. The van der Waals surface area contributed by atoms with Crippen molar-refractivity contribution in [1.82, 2.24) is 9.78 Å². The molecule has 0 bridgehead atoms. The molecular formula is C26H29N3O3. The first-order chi connectivity index (χ1) is 15.2. The van der Waals surface area contributed by atoms with Gasteiger partial charge in [-0.1, -0.05) is 47.5 Å². The number of nitrogens with zero attached hydrogens (tertiary/aromatic N) is 2. The van der Waals surface area contributed by atoms with Crippen molar-refractivity contribution in [3.63, 3.8) is 0 Å². The summed E-state index contributed by atoms with van der Waals surface area (Å²) < 4.78 is 7.18. The molecule has 0 aliphatic rings. The van der Waals surface area contributed by atoms with Crippen molar-refractivity contribution < 1.29 is 14.3 Å². The Balaban J connectivity index is 1.60. The molecule has 1 heterocycles. The maximum Gasteiger partial charge on any atom is 0.331 e. The van der Waals surface area contributed by atoms with E-state index in [0.717, 1.165) is 28.1 Å². The van der Waals surface area contributed by atoms with Gasteiger partial charge in [0.25, 0.3) is 5.91 Å². The van der Waals surface area contributed by atoms with Crippen LogP contribution in [0.15, 0.2) is 54.6 Å². The number of ether oxygens (including phenoxy) is 1. The van der Waals surface area contributed by atoms with Crippen molar-refractivity contribution in [2.45, 2.75) is 47.3 Å². The number of amides is 1. The SMILES string of the molecule is Cc1ccc(Cn2nc(C)c(/C=C/C(=O)O[C@H](C)C(=O)Nc3ccc(C)cc3)c2C)cc1. The van der Waals surface area contributed by atoms with E-state index in [9.17, 15) is 9.59 Å². The molecule has 166 valence electrons. The summed E-state index contributed by atoms with van der Waals surface area (Å²) in [6, 6.07) is 15.7. The largest absolute Gasteiger partial charge is 0.449 e. The van der Waals surface area contributed by atoms with Gasteiger partial charge in [-0.05, 0) is 58.4 Å². The van der Waals surface area contributed by atoms with Gasteiger partial charge in [0.15, 0.2) is 6.10 Å². The zero-order valence-corrected chi connectivity index (χ0v) is 19.2. The van der Waals surface area contributed by atoms with Crippen molar-refractivity contribution in [3.8, 4) is 0 Å². The van der Waals surface area contributed by atoms with Crippen LogP contribution in [0.2, 0.25) is 0 Å². The van der Waals surface area contributed by atoms with E-state index in [1.54, 1.807) is 13.0 Å². The number of rotatable bonds is 7. The molecule has 1 amide bonds. The Bertz CT molecular complexity index is 1130. The van der Waals surface area contributed by atoms with E-state index >= 15 is 0 Å². The zero-order chi connectivity index (χ0) is 23.3. The smallest absolute Gasteiger partial charge is 0.331 e. The Hall–Kier alpha value is -3.67. The van der Waals surface area contributed by atoms with Gasteiger partial charge in [0.05, 0.1) is 12.2 Å². The van der Waals surface area contributed by atoms with E-state index < -0.39 is 12.1 Å². The van der Waals surface area contributed by atoms with Gasteiger partial charge in [0, 0.05) is 23.0 Å². The van der Waals surface area contributed by atoms with Crippen molar-refractivity contribution in [1.29, 1.82) is 0 Å². The molecule has 0 radical (unpaired) electrons. The maximum atomic E-state index is 12.3. The minimum Gasteiger partial charge on any atom is -0.449 e. The molecule has 1 atom stereocenters. The molecule has 2 aromatic carbocycles. The zero-order valence-electron chi connectivity index (χ0n) is 19.2. The van der Waals surface area contributed by atoms with Gasteiger partial charge in [-0.2, -0.15) is 5.10 Å². The lowest BCUT2D eigenvalue weighted by Crippen LogP contribution is -2.29. The van der Waals surface area contributed by atoms with Gasteiger partial charge in [-0.25, -0.2) is 4.79 Å². The highest BCUT2D eigenvalue weighted by Crippen LogP contribution is 2.17. The highest BCUT2D eigenvalue weighted by atomic mass is 16.5. The Morgan fingerprint density at radius 1 is 1.00 bits per heavy atom. The van der Waals surface area contributed by atoms with Crippen molar-refractivity contribution >= 4 is 23.6 Å². The number of carbonyl (C=O) groups is 2. The van der Waals surface area contributed by atoms with E-state index in [2.05, 4.69) is 41.6 Å². The first-order valence-electron chi connectivity index (χ1n) is 10.6. The van der Waals surface area contributed by atoms with Gasteiger partial charge >= 0.3 is 5.97 Å². The Morgan fingerprint density at radius 2 is 1.59 bits per heavy atom. The third-order valence-corrected chi connectivity index (χ3v) is 5.26. The molecule has 0 saturated heterocycles. The molecule has 1 aromatic heterocycles. The average molecular weight is 432 g/mol. The third kappa shape index (κ3) is 5.94. The second-order valence-corrected chi connectivity index (χ2v) is 8.00. The summed E-state index contributed by atoms with van der Waals surface area (Å²) in [5.74, 6) is -0.962. The molecule has 0 aliphatic carbocycles. The van der Waals surface area contributed by atoms with Crippen molar-refractivity contribution in [2.75, 3.05) is 5.32 Å². The molecule has 0 spiro atoms. The normalized spacial score (nSPS) is 12.0. The van der Waals surface area contributed by atoms with E-state index in [-0.39, 0.29) is 5.91 Å². The number of nitrogens with one attached hydrogen (secondary N) is 1. The van der Waals surface area contributed by atoms with Crippen LogP contribution in [-0.4, -0.2) is 27.8 Å². The molecule has 6 nitrogen and oxygen atoms in total. The average Bonchev–Trinajstić information content (AvgIpc) is 3.02. The summed E-state index contributed by atoms with van der Waals surface area (Å²) in [6.07, 6.45) is 2.11. The van der Waals surface area contributed by atoms with Crippen LogP contribution in [-0.2, 0) is 20.9 Å². The molecule has 6 heteroatoms. The van der Waals surface area contributed by atoms with E-state index in [1.165, 1.54) is 11.6 Å². The lowest BCUT2D eigenvalue weighted by atomic mass is 10.1. The maximum absolute atomic E-state index is 12.3. The topological polar surface area (TPSA) is 73.2 Å². The first-order valence-corrected chi connectivity index (χ1v) is 10.6. The molecular weight excluding hydrogens is 402 g/mol. The summed E-state index contributed by atoms with van der Waals surface area (Å²) in [5, 5.41) is 7.34. The second kappa shape index (κ2) is 10.1. The Kier molecular flexibility index (Phi) is 7.25. The standard InChI is InChI=1S/C26H29N3O3/c1-17-6-10-22(11-7-17)16-29-20(4)24(19(3)28-29)14-15-25(30)32-21(5)26(31)27-23-12-8-18(2)9-13-23/h6-15,21H,16H2,1-5H3,(H,27,31)/b15-14+/t21-/m1/s1. The predicted molar refractivity (Wildman–Crippen MR) is 126 cm³/mol. The van der Waals surface area contributed by atoms with Crippen LogP contribution in [0.3, 0.4) is 0 Å². The highest BCUT2D eigenvalue weighted by molar-refractivity contribution is 5.96. The van der Waals surface area contributed by atoms with Gasteiger partial charge in [0.2, 0.25) is 0 Å². The quantitative estimate of drug-likeness (QED) is 0.433. The van der Waals surface area contributed by atoms with Gasteiger partial charge in [-0.3, -0.25) is 9.48 Å². The number of anilines is 1. The lowest BCUT2D eigenvalue weighted by Gasteiger charge is -2.12. The fourth-order valence-electron chi connectivity index (χ4n) is 3.27. The summed E-state index contributed by atoms with van der Waals surface area (Å²) in [4.78, 5) is 24.6. The van der Waals surface area contributed by atoms with Crippen molar-refractivity contribution in [2.24, 2.45) is 0 Å². The van der Waals surface area contributed by atoms with Crippen LogP contribution in [0, 0.1) is 27.7 Å². The molecule has 0 saturated carbocycles. The van der Waals surface area contributed by atoms with Crippen LogP contribution < -0.4 is 5.32 Å². The highest BCUT2D eigenvalue weighted by Gasteiger charge is 2.17. The molecule has 0 unspecified atom stereocenters. The molecule has 3 aromatic rings. The van der Waals surface area contributed by atoms with Crippen LogP contribution in [0.1, 0.15) is 40.6 Å². The minimum atomic E-state index is -0.917. The minimum absolute atomic E-state index is 0.381. The third-order valence-electron chi connectivity index (χ3n) is 5.26. The van der Waals surface area contributed by atoms with Crippen LogP contribution >= 0.6 is 0 Å². The first kappa shape index (κ1) is 23.0. The van der Waals surface area contributed by atoms with E-state index in [1.807, 2.05) is 49.7 Å². The molecule has 3 rings (SSSR count). The fourth-order valence-corrected chi connectivity index (χ4v) is 3.27. The van der Waals surface area contributed by atoms with Crippen molar-refractivity contribution in [3.05, 3.63) is 88.2 Å². The van der Waals surface area contributed by atoms with Gasteiger partial charge in [0.1, 0.15) is 0 Å². The Labute approximate surface area is 188 Å². The Morgan fingerprint density at radius 3 is 2.22 bits per heavy atom. The van der Waals surface area contributed by atoms with Crippen LogP contribution in [0.5, 0.6) is 0 Å². The van der Waals surface area contributed by atoms with E-state index in [4.69, 9.17) is 4.74 Å². The summed E-state index contributed by atoms with van der Waals surface area (Å²) in [7, 11) is 0. The lowest BCUT2D eigenvalue weighted by molar-refractivity contribution is -0.148. The summed E-state index contributed by atoms with van der Waals surface area (Å²) in [5.41, 5.74) is 6.77. The van der Waals surface area contributed by atoms with Crippen LogP contribution in [0.25, 0.3) is 6.08 Å². The number of carbonyl (C=O) groups excluding carboxylic acids is 2. The predicted octanol–water partition coefficient (Wildman–Crippen LogP) is 4.75. The second-order valence-electron chi connectivity index (χ2n) is 8.00. The molecule has 32 heavy (non-hydrogen) atoms. The fraction of sp³-hybridized carbons (Fsp3) is 0.269. The number of benzene rings is 2. The molecule has 0 aliphatic heterocycles. The van der Waals surface area contributed by atoms with Gasteiger partial charge < -0.3 is 10.1 Å². The number of esters is 1. The number of hydrogen-bond acceptors (Lipinski definition) is 4. The molecule has 0 fully saturated rings. The summed E-state index contributed by atoms with van der Waals surface area (Å²) >= 11 is 0. The number of aromatic nitrogens is 2. The van der Waals surface area contributed by atoms with Gasteiger partial charge in [-0.15, -0.1) is 0 Å². The number of hydrogen-bond donors (Lipinski definition) is 1.